The fourth-order valence-corrected chi connectivity index (χ4v) is 5.27. The predicted octanol–water partition coefficient (Wildman–Crippen LogP) is 6.29. The highest BCUT2D eigenvalue weighted by Crippen LogP contribution is 2.32. The number of rotatable bonds is 7. The molecule has 8 heteroatoms. The van der Waals surface area contributed by atoms with Crippen molar-refractivity contribution in [3.05, 3.63) is 94.8 Å². The number of amides is 2. The number of benzene rings is 3. The summed E-state index contributed by atoms with van der Waals surface area (Å²) in [5.74, 6) is -0.267. The summed E-state index contributed by atoms with van der Waals surface area (Å²) in [5, 5.41) is 14.4. The van der Waals surface area contributed by atoms with Gasteiger partial charge in [0, 0.05) is 35.1 Å². The number of anilines is 1. The first-order valence-electron chi connectivity index (χ1n) is 13.6. The molecular weight excluding hydrogens is 522 g/mol. The van der Waals surface area contributed by atoms with Crippen molar-refractivity contribution in [2.45, 2.75) is 45.2 Å². The van der Waals surface area contributed by atoms with Crippen LogP contribution < -0.4 is 16.0 Å². The Hall–Kier alpha value is -3.94. The van der Waals surface area contributed by atoms with E-state index in [1.807, 2.05) is 69.7 Å². The minimum absolute atomic E-state index is 0.0657. The lowest BCUT2D eigenvalue weighted by molar-refractivity contribution is -0.118. The molecule has 1 unspecified atom stereocenters. The number of hydrogen-bond donors (Lipinski definition) is 3. The Kier molecular flexibility index (Phi) is 8.33. The van der Waals surface area contributed by atoms with Gasteiger partial charge in [-0.05, 0) is 104 Å². The Labute approximate surface area is 239 Å². The molecular formula is C32H34ClN5O2. The summed E-state index contributed by atoms with van der Waals surface area (Å²) in [4.78, 5) is 26.2. The van der Waals surface area contributed by atoms with Crippen molar-refractivity contribution in [1.29, 1.82) is 0 Å². The molecule has 4 aromatic rings. The van der Waals surface area contributed by atoms with Crippen LogP contribution in [0.1, 0.15) is 53.7 Å². The largest absolute Gasteiger partial charge is 0.346 e. The van der Waals surface area contributed by atoms with Crippen LogP contribution in [0.5, 0.6) is 0 Å². The summed E-state index contributed by atoms with van der Waals surface area (Å²) in [6.07, 6.45) is 6.73. The quantitative estimate of drug-likeness (QED) is 0.250. The Bertz CT molecular complexity index is 1540. The molecule has 1 aromatic heterocycles. The van der Waals surface area contributed by atoms with Crippen molar-refractivity contribution >= 4 is 29.1 Å². The molecule has 2 atom stereocenters. The zero-order chi connectivity index (χ0) is 28.2. The maximum absolute atomic E-state index is 13.5. The van der Waals surface area contributed by atoms with Gasteiger partial charge in [0.2, 0.25) is 5.91 Å². The van der Waals surface area contributed by atoms with E-state index >= 15 is 0 Å². The van der Waals surface area contributed by atoms with E-state index in [0.29, 0.717) is 16.3 Å². The summed E-state index contributed by atoms with van der Waals surface area (Å²) in [6, 6.07) is 19.0. The zero-order valence-corrected chi connectivity index (χ0v) is 23.8. The maximum atomic E-state index is 13.5. The second-order valence-corrected chi connectivity index (χ2v) is 10.9. The number of aromatic nitrogens is 2. The summed E-state index contributed by atoms with van der Waals surface area (Å²) in [5.41, 5.74) is 6.90. The van der Waals surface area contributed by atoms with Gasteiger partial charge in [-0.15, -0.1) is 0 Å². The average Bonchev–Trinajstić information content (AvgIpc) is 3.40. The van der Waals surface area contributed by atoms with Crippen molar-refractivity contribution in [1.82, 2.24) is 20.4 Å². The monoisotopic (exact) mass is 555 g/mol. The van der Waals surface area contributed by atoms with E-state index in [4.69, 9.17) is 11.6 Å². The number of carbonyl (C=O) groups is 2. The van der Waals surface area contributed by atoms with Gasteiger partial charge in [-0.1, -0.05) is 36.2 Å². The first-order chi connectivity index (χ1) is 19.3. The number of aryl methyl sites for hydroxylation is 2. The minimum atomic E-state index is -0.286. The van der Waals surface area contributed by atoms with Gasteiger partial charge in [0.05, 0.1) is 18.3 Å². The van der Waals surface area contributed by atoms with E-state index in [1.54, 1.807) is 10.7 Å². The molecule has 0 bridgehead atoms. The molecule has 2 amide bonds. The molecule has 3 N–H and O–H groups in total. The summed E-state index contributed by atoms with van der Waals surface area (Å²) < 4.78 is 1.77. The van der Waals surface area contributed by atoms with Gasteiger partial charge >= 0.3 is 0 Å². The van der Waals surface area contributed by atoms with Crippen LogP contribution in [0, 0.1) is 6.92 Å². The molecule has 1 saturated heterocycles. The third-order valence-corrected chi connectivity index (χ3v) is 7.61. The number of piperidine rings is 1. The summed E-state index contributed by atoms with van der Waals surface area (Å²) in [7, 11) is 1.89. The van der Waals surface area contributed by atoms with Crippen LogP contribution in [-0.2, 0) is 11.8 Å². The number of carbonyl (C=O) groups excluding carboxylic acids is 2. The lowest BCUT2D eigenvalue weighted by Gasteiger charge is -2.23. The number of halogens is 1. The molecule has 40 heavy (non-hydrogen) atoms. The van der Waals surface area contributed by atoms with Crippen LogP contribution in [0.2, 0.25) is 5.02 Å². The minimum Gasteiger partial charge on any atom is -0.346 e. The SMILES string of the molecule is Cc1ccc(NC(=O)[C@H]2CCCCN2)cc1C(=O)NC(C)c1cc(-c2cccc(Cl)c2)cc(-c2cnn(C)c2)c1. The van der Waals surface area contributed by atoms with E-state index in [1.165, 1.54) is 0 Å². The second-order valence-electron chi connectivity index (χ2n) is 10.5. The summed E-state index contributed by atoms with van der Waals surface area (Å²) in [6.45, 7) is 4.71. The Morgan fingerprint density at radius 3 is 2.52 bits per heavy atom. The lowest BCUT2D eigenvalue weighted by atomic mass is 9.94. The molecule has 1 fully saturated rings. The van der Waals surface area contributed by atoms with E-state index in [2.05, 4.69) is 39.2 Å². The van der Waals surface area contributed by atoms with Gasteiger partial charge in [0.15, 0.2) is 0 Å². The van der Waals surface area contributed by atoms with Gasteiger partial charge < -0.3 is 16.0 Å². The lowest BCUT2D eigenvalue weighted by Crippen LogP contribution is -2.43. The molecule has 0 spiro atoms. The third kappa shape index (κ3) is 6.43. The van der Waals surface area contributed by atoms with Crippen LogP contribution in [0.15, 0.2) is 73.1 Å². The number of hydrogen-bond acceptors (Lipinski definition) is 4. The Balaban J connectivity index is 1.39. The van der Waals surface area contributed by atoms with Gasteiger partial charge in [-0.3, -0.25) is 14.3 Å². The van der Waals surface area contributed by atoms with Gasteiger partial charge in [0.25, 0.3) is 5.91 Å². The smallest absolute Gasteiger partial charge is 0.252 e. The number of nitrogens with zero attached hydrogens (tertiary/aromatic N) is 2. The van der Waals surface area contributed by atoms with Crippen LogP contribution in [0.4, 0.5) is 5.69 Å². The van der Waals surface area contributed by atoms with Crippen LogP contribution in [-0.4, -0.2) is 34.2 Å². The highest BCUT2D eigenvalue weighted by atomic mass is 35.5. The highest BCUT2D eigenvalue weighted by molar-refractivity contribution is 6.30. The van der Waals surface area contributed by atoms with Crippen molar-refractivity contribution < 1.29 is 9.59 Å². The van der Waals surface area contributed by atoms with Crippen molar-refractivity contribution in [2.24, 2.45) is 7.05 Å². The van der Waals surface area contributed by atoms with E-state index in [-0.39, 0.29) is 23.9 Å². The zero-order valence-electron chi connectivity index (χ0n) is 23.0. The molecule has 1 aliphatic heterocycles. The van der Waals surface area contributed by atoms with Gasteiger partial charge in [-0.2, -0.15) is 5.10 Å². The average molecular weight is 556 g/mol. The Morgan fingerprint density at radius 1 is 1.02 bits per heavy atom. The van der Waals surface area contributed by atoms with Crippen molar-refractivity contribution in [3.8, 4) is 22.3 Å². The highest BCUT2D eigenvalue weighted by Gasteiger charge is 2.21. The molecule has 0 aliphatic carbocycles. The molecule has 1 aliphatic rings. The molecule has 7 nitrogen and oxygen atoms in total. The molecule has 5 rings (SSSR count). The number of nitrogens with one attached hydrogen (secondary N) is 3. The molecule has 0 saturated carbocycles. The normalized spacial score (nSPS) is 15.8. The van der Waals surface area contributed by atoms with Crippen molar-refractivity contribution in [3.63, 3.8) is 0 Å². The molecule has 3 aromatic carbocycles. The van der Waals surface area contributed by atoms with E-state index in [0.717, 1.165) is 59.2 Å². The molecule has 0 radical (unpaired) electrons. The summed E-state index contributed by atoms with van der Waals surface area (Å²) >= 11 is 6.30. The first-order valence-corrected chi connectivity index (χ1v) is 14.0. The topological polar surface area (TPSA) is 88.1 Å². The van der Waals surface area contributed by atoms with Crippen LogP contribution >= 0.6 is 11.6 Å². The third-order valence-electron chi connectivity index (χ3n) is 7.38. The van der Waals surface area contributed by atoms with Crippen molar-refractivity contribution in [2.75, 3.05) is 11.9 Å². The Morgan fingerprint density at radius 2 is 1.82 bits per heavy atom. The standard InChI is InChI=1S/C32H34ClN5O2/c1-20-10-11-28(37-32(40)30-9-4-5-12-34-30)17-29(20)31(39)36-21(2)23-13-24(22-7-6-8-27(33)16-22)15-25(14-23)26-18-35-38(3)19-26/h6-8,10-11,13-19,21,30,34H,4-5,9,12H2,1-3H3,(H,36,39)(H,37,40)/t21?,30-/m1/s1. The van der Waals surface area contributed by atoms with Crippen LogP contribution in [0.3, 0.4) is 0 Å². The van der Waals surface area contributed by atoms with E-state index < -0.39 is 0 Å². The second kappa shape index (κ2) is 12.1. The maximum Gasteiger partial charge on any atom is 0.252 e. The molecule has 206 valence electrons. The molecule has 2 heterocycles. The first kappa shape index (κ1) is 27.6. The van der Waals surface area contributed by atoms with E-state index in [9.17, 15) is 9.59 Å². The van der Waals surface area contributed by atoms with Crippen LogP contribution in [0.25, 0.3) is 22.3 Å². The van der Waals surface area contributed by atoms with Gasteiger partial charge in [0.1, 0.15) is 0 Å². The fraction of sp³-hybridized carbons (Fsp3) is 0.281. The fourth-order valence-electron chi connectivity index (χ4n) is 5.08. The van der Waals surface area contributed by atoms with Gasteiger partial charge in [-0.25, -0.2) is 0 Å². The predicted molar refractivity (Wildman–Crippen MR) is 160 cm³/mol.